The van der Waals surface area contributed by atoms with Crippen LogP contribution in [0.4, 0.5) is 0 Å². The molecule has 142 valence electrons. The monoisotopic (exact) mass is 387 g/mol. The van der Waals surface area contributed by atoms with E-state index < -0.39 is 10.0 Å². The van der Waals surface area contributed by atoms with Gasteiger partial charge in [-0.3, -0.25) is 4.79 Å². The highest BCUT2D eigenvalue weighted by atomic mass is 32.2. The Balaban J connectivity index is 1.74. The van der Waals surface area contributed by atoms with Crippen molar-refractivity contribution in [1.29, 1.82) is 0 Å². The molecule has 1 amide bonds. The summed E-state index contributed by atoms with van der Waals surface area (Å²) in [6.45, 7) is 1.58. The number of nitrogens with two attached hydrogens (primary N) is 1. The van der Waals surface area contributed by atoms with E-state index in [9.17, 15) is 13.2 Å². The highest BCUT2D eigenvalue weighted by Crippen LogP contribution is 2.20. The van der Waals surface area contributed by atoms with Crippen molar-refractivity contribution < 1.29 is 17.9 Å². The molecule has 8 heteroatoms. The van der Waals surface area contributed by atoms with Crippen molar-refractivity contribution in [2.75, 3.05) is 13.7 Å². The van der Waals surface area contributed by atoms with Gasteiger partial charge in [0.2, 0.25) is 10.0 Å². The van der Waals surface area contributed by atoms with Gasteiger partial charge >= 0.3 is 0 Å². The zero-order chi connectivity index (χ0) is 19.4. The molecule has 0 spiro atoms. The zero-order valence-corrected chi connectivity index (χ0v) is 15.7. The number of amides is 1. The minimum Gasteiger partial charge on any atom is -0.383 e. The first kappa shape index (κ1) is 19.1. The number of hydrogen-bond acceptors (Lipinski definition) is 4. The summed E-state index contributed by atoms with van der Waals surface area (Å²) in [4.78, 5) is 12.7. The van der Waals surface area contributed by atoms with Gasteiger partial charge in [-0.15, -0.1) is 0 Å². The van der Waals surface area contributed by atoms with Crippen molar-refractivity contribution in [2.24, 2.45) is 5.14 Å². The summed E-state index contributed by atoms with van der Waals surface area (Å²) in [6.07, 6.45) is 1.94. The van der Waals surface area contributed by atoms with Gasteiger partial charge in [0.25, 0.3) is 5.91 Å². The van der Waals surface area contributed by atoms with Crippen LogP contribution < -0.4 is 10.5 Å². The topological polar surface area (TPSA) is 103 Å². The lowest BCUT2D eigenvalue weighted by molar-refractivity contribution is 0.0952. The molecule has 0 radical (unpaired) electrons. The van der Waals surface area contributed by atoms with Crippen LogP contribution in [0.1, 0.15) is 15.9 Å². The third kappa shape index (κ3) is 4.36. The van der Waals surface area contributed by atoms with Gasteiger partial charge < -0.3 is 14.6 Å². The highest BCUT2D eigenvalue weighted by molar-refractivity contribution is 7.89. The van der Waals surface area contributed by atoms with Gasteiger partial charge in [-0.05, 0) is 35.9 Å². The summed E-state index contributed by atoms with van der Waals surface area (Å²) in [5, 5.41) is 8.82. The van der Waals surface area contributed by atoms with Crippen molar-refractivity contribution in [3.8, 4) is 0 Å². The van der Waals surface area contributed by atoms with Crippen molar-refractivity contribution in [3.05, 3.63) is 65.9 Å². The number of benzene rings is 2. The third-order valence-electron chi connectivity index (χ3n) is 4.30. The Morgan fingerprint density at radius 1 is 1.15 bits per heavy atom. The predicted molar refractivity (Wildman–Crippen MR) is 103 cm³/mol. The number of aromatic nitrogens is 1. The lowest BCUT2D eigenvalue weighted by Crippen LogP contribution is -2.23. The minimum absolute atomic E-state index is 0.0414. The van der Waals surface area contributed by atoms with Crippen molar-refractivity contribution >= 4 is 26.8 Å². The highest BCUT2D eigenvalue weighted by Gasteiger charge is 2.12. The van der Waals surface area contributed by atoms with E-state index in [1.165, 1.54) is 12.1 Å². The van der Waals surface area contributed by atoms with Gasteiger partial charge in [0.1, 0.15) is 0 Å². The summed E-state index contributed by atoms with van der Waals surface area (Å²) in [6, 6.07) is 13.6. The van der Waals surface area contributed by atoms with Crippen LogP contribution in [0.5, 0.6) is 0 Å². The molecule has 0 fully saturated rings. The fourth-order valence-electron chi connectivity index (χ4n) is 2.88. The van der Waals surface area contributed by atoms with Gasteiger partial charge in [0, 0.05) is 42.9 Å². The number of carbonyl (C=O) groups excluding carboxylic acids is 1. The molecule has 3 rings (SSSR count). The number of ether oxygens (including phenoxy) is 1. The first-order valence-electron chi connectivity index (χ1n) is 8.37. The average Bonchev–Trinajstić information content (AvgIpc) is 3.07. The lowest BCUT2D eigenvalue weighted by Gasteiger charge is -2.09. The fourth-order valence-corrected chi connectivity index (χ4v) is 3.40. The molecule has 0 aliphatic carbocycles. The molecule has 0 aliphatic rings. The van der Waals surface area contributed by atoms with Gasteiger partial charge in [-0.1, -0.05) is 18.2 Å². The SMILES string of the molecule is COCCn1ccc2c(C(=O)NCc3ccc(S(N)(=O)=O)cc3)cccc21. The number of hydrogen-bond donors (Lipinski definition) is 2. The van der Waals surface area contributed by atoms with E-state index in [1.54, 1.807) is 25.3 Å². The van der Waals surface area contributed by atoms with E-state index in [2.05, 4.69) is 5.32 Å². The maximum absolute atomic E-state index is 12.6. The van der Waals surface area contributed by atoms with Crippen molar-refractivity contribution in [2.45, 2.75) is 18.0 Å². The maximum Gasteiger partial charge on any atom is 0.252 e. The Kier molecular flexibility index (Phi) is 5.59. The number of nitrogens with one attached hydrogen (secondary N) is 1. The van der Waals surface area contributed by atoms with Crippen LogP contribution in [0.3, 0.4) is 0 Å². The molecule has 0 bridgehead atoms. The van der Waals surface area contributed by atoms with Crippen LogP contribution in [-0.4, -0.2) is 32.6 Å². The fraction of sp³-hybridized carbons (Fsp3) is 0.211. The molecule has 7 nitrogen and oxygen atoms in total. The molecule has 0 unspecified atom stereocenters. The van der Waals surface area contributed by atoms with Gasteiger partial charge in [-0.2, -0.15) is 0 Å². The number of nitrogens with zero attached hydrogens (tertiary/aromatic N) is 1. The van der Waals surface area contributed by atoms with E-state index in [0.29, 0.717) is 18.7 Å². The molecule has 3 N–H and O–H groups in total. The van der Waals surface area contributed by atoms with Crippen LogP contribution in [0.2, 0.25) is 0 Å². The molecule has 27 heavy (non-hydrogen) atoms. The average molecular weight is 387 g/mol. The molecule has 1 aromatic heterocycles. The zero-order valence-electron chi connectivity index (χ0n) is 14.9. The first-order valence-corrected chi connectivity index (χ1v) is 9.91. The molecule has 2 aromatic carbocycles. The number of sulfonamides is 1. The molecular formula is C19H21N3O4S. The molecular weight excluding hydrogens is 366 g/mol. The summed E-state index contributed by atoms with van der Waals surface area (Å²) < 4.78 is 29.7. The number of primary sulfonamides is 1. The normalized spacial score (nSPS) is 11.6. The standard InChI is InChI=1S/C19H21N3O4S/c1-26-12-11-22-10-9-16-17(3-2-4-18(16)22)19(23)21-13-14-5-7-15(8-6-14)27(20,24)25/h2-10H,11-13H2,1H3,(H,21,23)(H2,20,24,25). The largest absolute Gasteiger partial charge is 0.383 e. The summed E-state index contributed by atoms with van der Waals surface area (Å²) in [5.41, 5.74) is 2.34. The van der Waals surface area contributed by atoms with Crippen LogP contribution >= 0.6 is 0 Å². The second-order valence-corrected chi connectivity index (χ2v) is 7.67. The van der Waals surface area contributed by atoms with Crippen LogP contribution in [0, 0.1) is 0 Å². The van der Waals surface area contributed by atoms with Crippen molar-refractivity contribution in [3.63, 3.8) is 0 Å². The summed E-state index contributed by atoms with van der Waals surface area (Å²) in [7, 11) is -2.07. The number of methoxy groups -OCH3 is 1. The van der Waals surface area contributed by atoms with Gasteiger partial charge in [-0.25, -0.2) is 13.6 Å². The van der Waals surface area contributed by atoms with E-state index in [4.69, 9.17) is 9.88 Å². The van der Waals surface area contributed by atoms with Crippen LogP contribution in [0.25, 0.3) is 10.9 Å². The molecule has 0 aliphatic heterocycles. The summed E-state index contributed by atoms with van der Waals surface area (Å²) >= 11 is 0. The van der Waals surface area contributed by atoms with Crippen molar-refractivity contribution in [1.82, 2.24) is 9.88 Å². The smallest absolute Gasteiger partial charge is 0.252 e. The number of rotatable bonds is 7. The molecule has 1 heterocycles. The summed E-state index contributed by atoms with van der Waals surface area (Å²) in [5.74, 6) is -0.194. The van der Waals surface area contributed by atoms with Crippen LogP contribution in [-0.2, 0) is 27.8 Å². The third-order valence-corrected chi connectivity index (χ3v) is 5.23. The first-order chi connectivity index (χ1) is 12.9. The Morgan fingerprint density at radius 2 is 1.89 bits per heavy atom. The Bertz CT molecular complexity index is 1060. The molecule has 0 saturated carbocycles. The maximum atomic E-state index is 12.6. The number of fused-ring (bicyclic) bond motifs is 1. The number of carbonyl (C=O) groups is 1. The molecule has 0 saturated heterocycles. The van der Waals surface area contributed by atoms with Crippen LogP contribution in [0.15, 0.2) is 59.6 Å². The Labute approximate surface area is 157 Å². The lowest BCUT2D eigenvalue weighted by atomic mass is 10.1. The molecule has 0 atom stereocenters. The van der Waals surface area contributed by atoms with Gasteiger partial charge in [0.15, 0.2) is 0 Å². The van der Waals surface area contributed by atoms with E-state index in [0.717, 1.165) is 16.5 Å². The quantitative estimate of drug-likeness (QED) is 0.646. The Morgan fingerprint density at radius 3 is 2.56 bits per heavy atom. The second-order valence-electron chi connectivity index (χ2n) is 6.11. The van der Waals surface area contributed by atoms with E-state index >= 15 is 0 Å². The molecule has 3 aromatic rings. The minimum atomic E-state index is -3.72. The van der Waals surface area contributed by atoms with E-state index in [-0.39, 0.29) is 17.3 Å². The van der Waals surface area contributed by atoms with Gasteiger partial charge in [0.05, 0.1) is 11.5 Å². The second kappa shape index (κ2) is 7.91. The van der Waals surface area contributed by atoms with E-state index in [1.807, 2.05) is 29.0 Å². The Hall–Kier alpha value is -2.68. The predicted octanol–water partition coefficient (Wildman–Crippen LogP) is 1.87.